The van der Waals surface area contributed by atoms with Crippen molar-refractivity contribution >= 4 is 27.6 Å². The average Bonchev–Trinajstić information content (AvgIpc) is 2.61. The number of carbonyl (C=O) groups is 2. The quantitative estimate of drug-likeness (QED) is 0.768. The highest BCUT2D eigenvalue weighted by atomic mass is 32.2. The minimum absolute atomic E-state index is 0.0240. The number of amides is 1. The van der Waals surface area contributed by atoms with Crippen molar-refractivity contribution in [2.24, 2.45) is 0 Å². The predicted molar refractivity (Wildman–Crippen MR) is 88.0 cm³/mol. The molecule has 1 amide bonds. The zero-order valence-electron chi connectivity index (χ0n) is 12.9. The molecule has 0 fully saturated rings. The predicted octanol–water partition coefficient (Wildman–Crippen LogP) is 1.39. The molecule has 2 N–H and O–H groups in total. The Labute approximate surface area is 139 Å². The number of benzene rings is 2. The molecule has 0 saturated carbocycles. The molecule has 0 aliphatic heterocycles. The van der Waals surface area contributed by atoms with Crippen LogP contribution in [0.3, 0.4) is 0 Å². The second kappa shape index (κ2) is 7.71. The molecule has 0 spiro atoms. The number of anilines is 1. The molecule has 0 radical (unpaired) electrons. The van der Waals surface area contributed by atoms with Gasteiger partial charge in [-0.05, 0) is 36.4 Å². The van der Waals surface area contributed by atoms with Crippen molar-refractivity contribution < 1.29 is 22.7 Å². The molecule has 0 aliphatic carbocycles. The van der Waals surface area contributed by atoms with Gasteiger partial charge in [0, 0.05) is 11.3 Å². The second-order valence-electron chi connectivity index (χ2n) is 4.75. The van der Waals surface area contributed by atoms with Crippen molar-refractivity contribution in [3.05, 3.63) is 60.2 Å². The van der Waals surface area contributed by atoms with E-state index < -0.39 is 22.5 Å². The van der Waals surface area contributed by atoms with E-state index in [1.165, 1.54) is 31.4 Å². The van der Waals surface area contributed by atoms with Crippen LogP contribution in [0.5, 0.6) is 0 Å². The average molecular weight is 348 g/mol. The maximum atomic E-state index is 12.0. The molecule has 2 aromatic rings. The first kappa shape index (κ1) is 17.6. The molecule has 126 valence electrons. The molecule has 2 rings (SSSR count). The smallest absolute Gasteiger partial charge is 0.320 e. The summed E-state index contributed by atoms with van der Waals surface area (Å²) in [5.41, 5.74) is 0.949. The third-order valence-corrected chi connectivity index (χ3v) is 4.51. The summed E-state index contributed by atoms with van der Waals surface area (Å²) in [5, 5.41) is 2.67. The zero-order valence-corrected chi connectivity index (χ0v) is 13.7. The highest BCUT2D eigenvalue weighted by Crippen LogP contribution is 2.15. The van der Waals surface area contributed by atoms with Crippen LogP contribution in [0, 0.1) is 0 Å². The molecule has 0 saturated heterocycles. The number of methoxy groups -OCH3 is 1. The summed E-state index contributed by atoms with van der Waals surface area (Å²) in [5.74, 6) is -0.986. The van der Waals surface area contributed by atoms with Gasteiger partial charge in [0.1, 0.15) is 6.54 Å². The number of nitrogens with one attached hydrogen (secondary N) is 2. The SMILES string of the molecule is COC(=O)CNS(=O)(=O)c1ccc(NC(=O)c2ccccc2)cc1. The summed E-state index contributed by atoms with van der Waals surface area (Å²) >= 11 is 0. The number of carbonyl (C=O) groups excluding carboxylic acids is 2. The summed E-state index contributed by atoms with van der Waals surface area (Å²) in [7, 11) is -2.66. The minimum Gasteiger partial charge on any atom is -0.468 e. The zero-order chi connectivity index (χ0) is 17.6. The van der Waals surface area contributed by atoms with Gasteiger partial charge in [-0.2, -0.15) is 4.72 Å². The van der Waals surface area contributed by atoms with Gasteiger partial charge in [0.05, 0.1) is 12.0 Å². The molecule has 2 aromatic carbocycles. The van der Waals surface area contributed by atoms with Crippen LogP contribution in [0.4, 0.5) is 5.69 Å². The maximum Gasteiger partial charge on any atom is 0.320 e. The first-order valence-electron chi connectivity index (χ1n) is 6.95. The number of ether oxygens (including phenoxy) is 1. The Kier molecular flexibility index (Phi) is 5.67. The van der Waals surface area contributed by atoms with Crippen molar-refractivity contribution in [2.75, 3.05) is 19.0 Å². The molecule has 0 bridgehead atoms. The fourth-order valence-electron chi connectivity index (χ4n) is 1.82. The molecular weight excluding hydrogens is 332 g/mol. The number of hydrogen-bond donors (Lipinski definition) is 2. The number of sulfonamides is 1. The van der Waals surface area contributed by atoms with Gasteiger partial charge in [-0.25, -0.2) is 8.42 Å². The van der Waals surface area contributed by atoms with Crippen LogP contribution in [-0.4, -0.2) is 33.9 Å². The van der Waals surface area contributed by atoms with Crippen LogP contribution in [0.25, 0.3) is 0 Å². The van der Waals surface area contributed by atoms with Crippen LogP contribution in [0.1, 0.15) is 10.4 Å². The second-order valence-corrected chi connectivity index (χ2v) is 6.51. The Hall–Kier alpha value is -2.71. The van der Waals surface area contributed by atoms with E-state index >= 15 is 0 Å². The van der Waals surface area contributed by atoms with E-state index in [0.29, 0.717) is 11.3 Å². The van der Waals surface area contributed by atoms with Gasteiger partial charge >= 0.3 is 5.97 Å². The van der Waals surface area contributed by atoms with Gasteiger partial charge in [-0.3, -0.25) is 9.59 Å². The summed E-state index contributed by atoms with van der Waals surface area (Å²) in [4.78, 5) is 23.0. The highest BCUT2D eigenvalue weighted by Gasteiger charge is 2.15. The van der Waals surface area contributed by atoms with Gasteiger partial charge in [-0.1, -0.05) is 18.2 Å². The molecule has 0 atom stereocenters. The van der Waals surface area contributed by atoms with Crippen LogP contribution in [0.2, 0.25) is 0 Å². The van der Waals surface area contributed by atoms with E-state index in [-0.39, 0.29) is 10.8 Å². The fraction of sp³-hybridized carbons (Fsp3) is 0.125. The Balaban J connectivity index is 2.05. The van der Waals surface area contributed by atoms with E-state index in [1.54, 1.807) is 30.3 Å². The highest BCUT2D eigenvalue weighted by molar-refractivity contribution is 7.89. The Morgan fingerprint density at radius 2 is 1.62 bits per heavy atom. The van der Waals surface area contributed by atoms with E-state index in [9.17, 15) is 18.0 Å². The van der Waals surface area contributed by atoms with Crippen molar-refractivity contribution in [2.45, 2.75) is 4.90 Å². The van der Waals surface area contributed by atoms with Crippen molar-refractivity contribution in [1.82, 2.24) is 4.72 Å². The standard InChI is InChI=1S/C16H16N2O5S/c1-23-15(19)11-17-24(21,22)14-9-7-13(8-10-14)18-16(20)12-5-3-2-4-6-12/h2-10,17H,11H2,1H3,(H,18,20). The third-order valence-electron chi connectivity index (χ3n) is 3.09. The molecule has 0 unspecified atom stereocenters. The molecule has 8 heteroatoms. The molecule has 0 aromatic heterocycles. The first-order chi connectivity index (χ1) is 11.4. The van der Waals surface area contributed by atoms with E-state index in [0.717, 1.165) is 0 Å². The van der Waals surface area contributed by atoms with Crippen LogP contribution in [-0.2, 0) is 19.6 Å². The number of rotatable bonds is 6. The van der Waals surface area contributed by atoms with Crippen molar-refractivity contribution in [3.8, 4) is 0 Å². The van der Waals surface area contributed by atoms with E-state index in [2.05, 4.69) is 14.8 Å². The van der Waals surface area contributed by atoms with Crippen LogP contribution in [0.15, 0.2) is 59.5 Å². The summed E-state index contributed by atoms with van der Waals surface area (Å²) in [6.07, 6.45) is 0. The summed E-state index contributed by atoms with van der Waals surface area (Å²) < 4.78 is 30.5. The van der Waals surface area contributed by atoms with Crippen LogP contribution < -0.4 is 10.0 Å². The number of esters is 1. The minimum atomic E-state index is -3.83. The maximum absolute atomic E-state index is 12.0. The monoisotopic (exact) mass is 348 g/mol. The lowest BCUT2D eigenvalue weighted by atomic mass is 10.2. The van der Waals surface area contributed by atoms with E-state index in [1.807, 2.05) is 0 Å². The Morgan fingerprint density at radius 1 is 1.00 bits per heavy atom. The fourth-order valence-corrected chi connectivity index (χ4v) is 2.79. The normalized spacial score (nSPS) is 10.9. The first-order valence-corrected chi connectivity index (χ1v) is 8.43. The van der Waals surface area contributed by atoms with E-state index in [4.69, 9.17) is 0 Å². The van der Waals surface area contributed by atoms with Crippen molar-refractivity contribution in [1.29, 1.82) is 0 Å². The number of hydrogen-bond acceptors (Lipinski definition) is 5. The lowest BCUT2D eigenvalue weighted by Gasteiger charge is -2.08. The lowest BCUT2D eigenvalue weighted by Crippen LogP contribution is -2.30. The topological polar surface area (TPSA) is 102 Å². The lowest BCUT2D eigenvalue weighted by molar-refractivity contribution is -0.139. The van der Waals surface area contributed by atoms with Gasteiger partial charge in [0.25, 0.3) is 5.91 Å². The molecule has 0 aliphatic rings. The van der Waals surface area contributed by atoms with Gasteiger partial charge < -0.3 is 10.1 Å². The largest absolute Gasteiger partial charge is 0.468 e. The third kappa shape index (κ3) is 4.64. The van der Waals surface area contributed by atoms with Crippen molar-refractivity contribution in [3.63, 3.8) is 0 Å². The molecule has 7 nitrogen and oxygen atoms in total. The van der Waals surface area contributed by atoms with Gasteiger partial charge in [0.2, 0.25) is 10.0 Å². The molecular formula is C16H16N2O5S. The summed E-state index contributed by atoms with van der Waals surface area (Å²) in [6.45, 7) is -0.453. The van der Waals surface area contributed by atoms with Gasteiger partial charge in [-0.15, -0.1) is 0 Å². The van der Waals surface area contributed by atoms with Crippen LogP contribution >= 0.6 is 0 Å². The Morgan fingerprint density at radius 3 is 2.21 bits per heavy atom. The van der Waals surface area contributed by atoms with Gasteiger partial charge in [0.15, 0.2) is 0 Å². The molecule has 24 heavy (non-hydrogen) atoms. The Bertz CT molecular complexity index is 817. The molecule has 0 heterocycles. The summed E-state index contributed by atoms with van der Waals surface area (Å²) in [6, 6.07) is 14.2.